The molecule has 1 saturated heterocycles. The molecule has 2 bridgehead atoms. The van der Waals surface area contributed by atoms with Crippen molar-refractivity contribution in [3.63, 3.8) is 0 Å². The van der Waals surface area contributed by atoms with E-state index in [0.29, 0.717) is 4.90 Å². The molecular weight excluding hydrogens is 382 g/mol. The first-order chi connectivity index (χ1) is 14.1. The Morgan fingerprint density at radius 3 is 2.28 bits per heavy atom. The predicted octanol–water partition coefficient (Wildman–Crippen LogP) is 4.56. The van der Waals surface area contributed by atoms with E-state index in [1.165, 1.54) is 5.56 Å². The van der Waals surface area contributed by atoms with E-state index in [0.717, 1.165) is 28.8 Å². The average molecular weight is 404 g/mol. The molecule has 0 N–H and O–H groups in total. The highest BCUT2D eigenvalue weighted by Gasteiger charge is 2.58. The normalized spacial score (nSPS) is 26.7. The van der Waals surface area contributed by atoms with Gasteiger partial charge in [0, 0.05) is 5.92 Å². The average Bonchev–Trinajstić information content (AvgIpc) is 3.29. The van der Waals surface area contributed by atoms with Gasteiger partial charge in [0.1, 0.15) is 6.10 Å². The van der Waals surface area contributed by atoms with Gasteiger partial charge in [-0.3, -0.25) is 4.31 Å². The fourth-order valence-electron chi connectivity index (χ4n) is 5.28. The highest BCUT2D eigenvalue weighted by Crippen LogP contribution is 2.59. The number of sulfonamides is 1. The summed E-state index contributed by atoms with van der Waals surface area (Å²) >= 11 is 0. The molecule has 0 spiro atoms. The lowest BCUT2D eigenvalue weighted by atomic mass is 9.75. The second-order valence-electron chi connectivity index (χ2n) is 8.21. The molecule has 0 saturated carbocycles. The van der Waals surface area contributed by atoms with Crippen molar-refractivity contribution in [1.82, 2.24) is 0 Å². The molecular formula is C24H21NO3S. The summed E-state index contributed by atoms with van der Waals surface area (Å²) in [6, 6.07) is 23.0. The van der Waals surface area contributed by atoms with E-state index in [2.05, 4.69) is 12.1 Å². The molecule has 3 aromatic carbocycles. The molecule has 3 heterocycles. The van der Waals surface area contributed by atoms with E-state index in [1.54, 1.807) is 16.4 Å². The van der Waals surface area contributed by atoms with Crippen molar-refractivity contribution in [1.29, 1.82) is 0 Å². The summed E-state index contributed by atoms with van der Waals surface area (Å²) in [5.41, 5.74) is 5.23. The molecule has 4 nitrogen and oxygen atoms in total. The van der Waals surface area contributed by atoms with Crippen molar-refractivity contribution in [2.24, 2.45) is 5.92 Å². The van der Waals surface area contributed by atoms with E-state index < -0.39 is 10.0 Å². The highest BCUT2D eigenvalue weighted by molar-refractivity contribution is 7.92. The number of rotatable bonds is 2. The lowest BCUT2D eigenvalue weighted by molar-refractivity contribution is 0.0588. The zero-order valence-electron chi connectivity index (χ0n) is 16.0. The minimum absolute atomic E-state index is 0.0507. The number of para-hydroxylation sites is 1. The fourth-order valence-corrected chi connectivity index (χ4v) is 7.02. The van der Waals surface area contributed by atoms with Gasteiger partial charge >= 0.3 is 0 Å². The first-order valence-electron chi connectivity index (χ1n) is 9.99. The molecule has 6 rings (SSSR count). The minimum Gasteiger partial charge on any atom is -0.363 e. The fraction of sp³-hybridized carbons (Fsp3) is 0.250. The maximum Gasteiger partial charge on any atom is 0.264 e. The highest BCUT2D eigenvalue weighted by atomic mass is 32.2. The Balaban J connectivity index is 1.55. The number of benzene rings is 3. The molecule has 3 aliphatic heterocycles. The van der Waals surface area contributed by atoms with Crippen molar-refractivity contribution in [3.05, 3.63) is 95.1 Å². The molecule has 0 aromatic heterocycles. The van der Waals surface area contributed by atoms with Gasteiger partial charge in [-0.05, 0) is 48.2 Å². The monoisotopic (exact) mass is 403 g/mol. The maximum absolute atomic E-state index is 13.9. The Hall–Kier alpha value is -2.63. The molecule has 0 amide bonds. The summed E-state index contributed by atoms with van der Waals surface area (Å²) in [7, 11) is -3.72. The Morgan fingerprint density at radius 2 is 1.52 bits per heavy atom. The molecule has 4 atom stereocenters. The van der Waals surface area contributed by atoms with Gasteiger partial charge in [0.05, 0.1) is 22.7 Å². The zero-order chi connectivity index (χ0) is 19.8. The number of hydrogen-bond donors (Lipinski definition) is 0. The van der Waals surface area contributed by atoms with Crippen LogP contribution in [0.2, 0.25) is 0 Å². The van der Waals surface area contributed by atoms with Crippen molar-refractivity contribution < 1.29 is 13.2 Å². The minimum atomic E-state index is -3.72. The molecule has 5 heteroatoms. The second-order valence-corrected chi connectivity index (χ2v) is 10.0. The van der Waals surface area contributed by atoms with Crippen LogP contribution in [-0.2, 0) is 21.2 Å². The van der Waals surface area contributed by atoms with Gasteiger partial charge in [-0.2, -0.15) is 0 Å². The third-order valence-electron chi connectivity index (χ3n) is 6.57. The number of aryl methyl sites for hydroxylation is 1. The van der Waals surface area contributed by atoms with Crippen LogP contribution in [0.4, 0.5) is 5.69 Å². The molecule has 3 aromatic rings. The van der Waals surface area contributed by atoms with Crippen LogP contribution in [0, 0.1) is 12.8 Å². The van der Waals surface area contributed by atoms with E-state index in [9.17, 15) is 8.42 Å². The number of ether oxygens (including phenoxy) is 1. The molecule has 0 radical (unpaired) electrons. The molecule has 29 heavy (non-hydrogen) atoms. The molecule has 0 unspecified atom stereocenters. The Kier molecular flexibility index (Phi) is 3.53. The lowest BCUT2D eigenvalue weighted by Gasteiger charge is -2.43. The lowest BCUT2D eigenvalue weighted by Crippen LogP contribution is -2.50. The molecule has 1 fully saturated rings. The van der Waals surface area contributed by atoms with Crippen LogP contribution in [0.15, 0.2) is 77.7 Å². The van der Waals surface area contributed by atoms with E-state index in [1.807, 2.05) is 55.5 Å². The smallest absolute Gasteiger partial charge is 0.264 e. The maximum atomic E-state index is 13.9. The second kappa shape index (κ2) is 5.94. The van der Waals surface area contributed by atoms with Crippen molar-refractivity contribution in [2.75, 3.05) is 4.31 Å². The zero-order valence-corrected chi connectivity index (χ0v) is 16.8. The summed E-state index contributed by atoms with van der Waals surface area (Å²) in [5, 5.41) is 0. The molecule has 0 aliphatic carbocycles. The van der Waals surface area contributed by atoms with Crippen molar-refractivity contribution in [3.8, 4) is 0 Å². The van der Waals surface area contributed by atoms with Gasteiger partial charge in [-0.1, -0.05) is 60.2 Å². The van der Waals surface area contributed by atoms with Gasteiger partial charge in [-0.15, -0.1) is 0 Å². The summed E-state index contributed by atoms with van der Waals surface area (Å²) in [4.78, 5) is 0.328. The van der Waals surface area contributed by atoms with Gasteiger partial charge in [0.25, 0.3) is 10.0 Å². The molecule has 3 aliphatic rings. The van der Waals surface area contributed by atoms with Gasteiger partial charge in [0.2, 0.25) is 0 Å². The Bertz CT molecular complexity index is 1220. The van der Waals surface area contributed by atoms with Crippen LogP contribution in [0.1, 0.15) is 34.5 Å². The van der Waals surface area contributed by atoms with Gasteiger partial charge in [0.15, 0.2) is 0 Å². The standard InChI is InChI=1S/C24H21NO3S/c1-15-10-12-17(13-11-15)29(26,27)25-21-9-5-2-6-16(21)14-20-22(25)24-19-8-4-3-7-18(19)23(20)28-24/h2-13,20,22-24H,14H2,1H3/t20-,22+,23+,24-/m1/s1. The SMILES string of the molecule is Cc1ccc(S(=O)(=O)N2c3ccccc3C[C@@H]3[C@H]2[C@@H]2O[C@H]3c3ccccc32)cc1. The van der Waals surface area contributed by atoms with Crippen molar-refractivity contribution in [2.45, 2.75) is 36.5 Å². The van der Waals surface area contributed by atoms with Gasteiger partial charge in [-0.25, -0.2) is 8.42 Å². The van der Waals surface area contributed by atoms with Crippen molar-refractivity contribution >= 4 is 15.7 Å². The first-order valence-corrected chi connectivity index (χ1v) is 11.4. The van der Waals surface area contributed by atoms with Crippen LogP contribution in [-0.4, -0.2) is 14.5 Å². The predicted molar refractivity (Wildman–Crippen MR) is 111 cm³/mol. The Morgan fingerprint density at radius 1 is 0.862 bits per heavy atom. The summed E-state index contributed by atoms with van der Waals surface area (Å²) in [5.74, 6) is 0.116. The third-order valence-corrected chi connectivity index (χ3v) is 8.40. The molecule has 146 valence electrons. The largest absolute Gasteiger partial charge is 0.363 e. The summed E-state index contributed by atoms with van der Waals surface area (Å²) in [6.07, 6.45) is 0.552. The van der Waals surface area contributed by atoms with E-state index in [4.69, 9.17) is 4.74 Å². The van der Waals surface area contributed by atoms with Crippen LogP contribution >= 0.6 is 0 Å². The van der Waals surface area contributed by atoms with Crippen LogP contribution in [0.25, 0.3) is 0 Å². The third kappa shape index (κ3) is 2.31. The van der Waals surface area contributed by atoms with Crippen LogP contribution < -0.4 is 4.31 Å². The summed E-state index contributed by atoms with van der Waals surface area (Å²) < 4.78 is 35.8. The first kappa shape index (κ1) is 17.2. The Labute approximate surface area is 170 Å². The quantitative estimate of drug-likeness (QED) is 0.630. The van der Waals surface area contributed by atoms with E-state index >= 15 is 0 Å². The number of nitrogens with zero attached hydrogens (tertiary/aromatic N) is 1. The number of anilines is 1. The van der Waals surface area contributed by atoms with E-state index in [-0.39, 0.29) is 24.2 Å². The number of fused-ring (bicyclic) bond motifs is 9. The van der Waals surface area contributed by atoms with Crippen LogP contribution in [0.3, 0.4) is 0 Å². The number of hydrogen-bond acceptors (Lipinski definition) is 3. The topological polar surface area (TPSA) is 46.6 Å². The van der Waals surface area contributed by atoms with Gasteiger partial charge < -0.3 is 4.74 Å². The van der Waals surface area contributed by atoms with Crippen LogP contribution in [0.5, 0.6) is 0 Å². The summed E-state index contributed by atoms with van der Waals surface area (Å²) in [6.45, 7) is 1.96.